The van der Waals surface area contributed by atoms with Crippen LogP contribution in [0.5, 0.6) is 5.75 Å². The number of hydrogen-bond donors (Lipinski definition) is 2. The molecule has 2 aliphatic carbocycles. The number of phenolic OH excluding ortho intramolecular Hbond substituents is 1. The molecule has 180 valence electrons. The molecule has 0 radical (unpaired) electrons. The Bertz CT molecular complexity index is 635. The van der Waals surface area contributed by atoms with Gasteiger partial charge in [-0.25, -0.2) is 0 Å². The molecule has 1 aromatic carbocycles. The van der Waals surface area contributed by atoms with Gasteiger partial charge < -0.3 is 10.2 Å². The van der Waals surface area contributed by atoms with Gasteiger partial charge in [-0.15, -0.1) is 0 Å². The van der Waals surface area contributed by atoms with Crippen LogP contribution < -0.4 is 0 Å². The number of carbonyl (C=O) groups is 1. The first-order chi connectivity index (χ1) is 15.5. The van der Waals surface area contributed by atoms with Gasteiger partial charge in [-0.2, -0.15) is 0 Å². The summed E-state index contributed by atoms with van der Waals surface area (Å²) in [6, 6.07) is 7.81. The lowest BCUT2D eigenvalue weighted by Gasteiger charge is -2.38. The zero-order chi connectivity index (χ0) is 23.2. The number of aldehydes is 1. The lowest BCUT2D eigenvalue weighted by Crippen LogP contribution is -2.26. The van der Waals surface area contributed by atoms with Gasteiger partial charge in [0.1, 0.15) is 12.0 Å². The maximum absolute atomic E-state index is 9.48. The smallest absolute Gasteiger partial charge is 0.147 e. The van der Waals surface area contributed by atoms with Crippen molar-refractivity contribution in [3.8, 4) is 5.75 Å². The number of unbranched alkanes of at least 4 members (excludes halogenated alkanes) is 2. The molecule has 0 atom stereocenters. The van der Waals surface area contributed by atoms with E-state index in [0.717, 1.165) is 23.7 Å². The maximum Gasteiger partial charge on any atom is 0.147 e. The third-order valence-electron chi connectivity index (χ3n) is 7.81. The summed E-state index contributed by atoms with van der Waals surface area (Å²) in [4.78, 5) is 9.48. The minimum Gasteiger partial charge on any atom is -0.508 e. The molecule has 2 saturated carbocycles. The van der Waals surface area contributed by atoms with Gasteiger partial charge in [0.25, 0.3) is 0 Å². The van der Waals surface area contributed by atoms with Crippen molar-refractivity contribution in [2.75, 3.05) is 6.61 Å². The predicted molar refractivity (Wildman–Crippen MR) is 134 cm³/mol. The highest BCUT2D eigenvalue weighted by atomic mass is 16.3. The van der Waals surface area contributed by atoms with Crippen LogP contribution in [0.4, 0.5) is 0 Å². The van der Waals surface area contributed by atoms with E-state index in [1.165, 1.54) is 95.5 Å². The van der Waals surface area contributed by atoms with E-state index in [0.29, 0.717) is 12.0 Å². The summed E-state index contributed by atoms with van der Waals surface area (Å²) in [5, 5.41) is 17.4. The number of rotatable bonds is 10. The normalized spacial score (nSPS) is 25.4. The minimum atomic E-state index is -0.233. The SMILES string of the molecule is C=C(C=O)CO.CCCCCC1CCC(C2CCC(CCc3ccc(O)cc3)CC2)CC1. The van der Waals surface area contributed by atoms with Crippen molar-refractivity contribution in [1.29, 1.82) is 0 Å². The van der Waals surface area contributed by atoms with E-state index in [4.69, 9.17) is 5.11 Å². The predicted octanol–water partition coefficient (Wildman–Crippen LogP) is 7.25. The van der Waals surface area contributed by atoms with Gasteiger partial charge in [-0.3, -0.25) is 4.79 Å². The first-order valence-corrected chi connectivity index (χ1v) is 13.1. The quantitative estimate of drug-likeness (QED) is 0.228. The first-order valence-electron chi connectivity index (χ1n) is 13.1. The van der Waals surface area contributed by atoms with E-state index in [1.807, 2.05) is 12.1 Å². The molecular weight excluding hydrogens is 396 g/mol. The largest absolute Gasteiger partial charge is 0.508 e. The van der Waals surface area contributed by atoms with Gasteiger partial charge in [-0.05, 0) is 79.9 Å². The Morgan fingerprint density at radius 2 is 1.44 bits per heavy atom. The van der Waals surface area contributed by atoms with Crippen LogP contribution in [0.25, 0.3) is 0 Å². The summed E-state index contributed by atoms with van der Waals surface area (Å²) >= 11 is 0. The molecule has 3 rings (SSSR count). The van der Waals surface area contributed by atoms with Crippen LogP contribution in [0, 0.1) is 23.7 Å². The number of hydrogen-bond acceptors (Lipinski definition) is 3. The highest BCUT2D eigenvalue weighted by Gasteiger charge is 2.30. The monoisotopic (exact) mass is 442 g/mol. The number of aliphatic hydroxyl groups is 1. The standard InChI is InChI=1S/C25H40O.C4H6O2/c1-2-3-4-5-20-8-14-23(15-9-20)24-16-10-21(11-17-24)6-7-22-12-18-25(26)19-13-22;1-4(2-5)3-6/h12-13,18-21,23-24,26H,2-11,14-17H2,1H3;2,6H,1,3H2. The third-order valence-corrected chi connectivity index (χ3v) is 7.81. The van der Waals surface area contributed by atoms with E-state index in [9.17, 15) is 9.90 Å². The Labute approximate surface area is 196 Å². The van der Waals surface area contributed by atoms with Gasteiger partial charge in [0.2, 0.25) is 0 Å². The summed E-state index contributed by atoms with van der Waals surface area (Å²) in [5.74, 6) is 4.46. The van der Waals surface area contributed by atoms with Crippen molar-refractivity contribution in [2.45, 2.75) is 96.8 Å². The van der Waals surface area contributed by atoms with Crippen molar-refractivity contribution in [1.82, 2.24) is 0 Å². The molecule has 0 aliphatic heterocycles. The van der Waals surface area contributed by atoms with Crippen LogP contribution in [0.3, 0.4) is 0 Å². The van der Waals surface area contributed by atoms with E-state index in [-0.39, 0.29) is 12.2 Å². The molecular formula is C29H46O3. The molecule has 2 fully saturated rings. The Morgan fingerprint density at radius 1 is 0.906 bits per heavy atom. The number of aliphatic hydroxyl groups excluding tert-OH is 1. The van der Waals surface area contributed by atoms with Gasteiger partial charge in [0.05, 0.1) is 6.61 Å². The zero-order valence-corrected chi connectivity index (χ0v) is 20.3. The Balaban J connectivity index is 0.000000534. The molecule has 0 heterocycles. The topological polar surface area (TPSA) is 57.5 Å². The highest BCUT2D eigenvalue weighted by Crippen LogP contribution is 2.43. The third kappa shape index (κ3) is 9.90. The lowest BCUT2D eigenvalue weighted by molar-refractivity contribution is -0.105. The summed E-state index contributed by atoms with van der Waals surface area (Å²) < 4.78 is 0. The Kier molecular flexibility index (Phi) is 12.7. The molecule has 0 amide bonds. The van der Waals surface area contributed by atoms with Gasteiger partial charge >= 0.3 is 0 Å². The number of phenols is 1. The van der Waals surface area contributed by atoms with E-state index in [1.54, 1.807) is 0 Å². The molecule has 32 heavy (non-hydrogen) atoms. The molecule has 2 N–H and O–H groups in total. The Hall–Kier alpha value is -1.61. The highest BCUT2D eigenvalue weighted by molar-refractivity contribution is 5.72. The molecule has 2 aliphatic rings. The molecule has 0 saturated heterocycles. The molecule has 1 aromatic rings. The van der Waals surface area contributed by atoms with Crippen molar-refractivity contribution in [3.05, 3.63) is 42.0 Å². The molecule has 3 nitrogen and oxygen atoms in total. The van der Waals surface area contributed by atoms with Crippen molar-refractivity contribution < 1.29 is 15.0 Å². The summed E-state index contributed by atoms with van der Waals surface area (Å²) in [7, 11) is 0. The van der Waals surface area contributed by atoms with Crippen molar-refractivity contribution in [2.24, 2.45) is 23.7 Å². The van der Waals surface area contributed by atoms with Crippen LogP contribution in [-0.2, 0) is 11.2 Å². The van der Waals surface area contributed by atoms with Gasteiger partial charge in [-0.1, -0.05) is 77.0 Å². The zero-order valence-electron chi connectivity index (χ0n) is 20.3. The maximum atomic E-state index is 9.48. The molecule has 0 spiro atoms. The molecule has 0 aromatic heterocycles. The Morgan fingerprint density at radius 3 is 1.88 bits per heavy atom. The first kappa shape index (κ1) is 26.6. The fourth-order valence-corrected chi connectivity index (χ4v) is 5.65. The second-order valence-electron chi connectivity index (χ2n) is 10.2. The summed E-state index contributed by atoms with van der Waals surface area (Å²) in [5.41, 5.74) is 1.60. The number of benzene rings is 1. The average Bonchev–Trinajstić information content (AvgIpc) is 2.84. The van der Waals surface area contributed by atoms with Gasteiger partial charge in [0.15, 0.2) is 0 Å². The minimum absolute atomic E-state index is 0.218. The fraction of sp³-hybridized carbons (Fsp3) is 0.690. The van der Waals surface area contributed by atoms with Crippen LogP contribution in [0.1, 0.15) is 96.0 Å². The van der Waals surface area contributed by atoms with E-state index < -0.39 is 0 Å². The molecule has 3 heteroatoms. The fourth-order valence-electron chi connectivity index (χ4n) is 5.65. The van der Waals surface area contributed by atoms with Crippen LogP contribution in [-0.4, -0.2) is 23.1 Å². The average molecular weight is 443 g/mol. The van der Waals surface area contributed by atoms with Crippen LogP contribution >= 0.6 is 0 Å². The number of aryl methyl sites for hydroxylation is 1. The summed E-state index contributed by atoms with van der Waals surface area (Å²) in [6.07, 6.45) is 20.8. The van der Waals surface area contributed by atoms with Gasteiger partial charge in [0, 0.05) is 5.57 Å². The lowest BCUT2D eigenvalue weighted by atomic mass is 9.68. The van der Waals surface area contributed by atoms with E-state index in [2.05, 4.69) is 25.6 Å². The van der Waals surface area contributed by atoms with Crippen LogP contribution in [0.15, 0.2) is 36.4 Å². The summed E-state index contributed by atoms with van der Waals surface area (Å²) in [6.45, 7) is 5.26. The molecule has 0 bridgehead atoms. The van der Waals surface area contributed by atoms with Crippen molar-refractivity contribution >= 4 is 6.29 Å². The van der Waals surface area contributed by atoms with E-state index >= 15 is 0 Å². The second kappa shape index (κ2) is 15.3. The number of carbonyl (C=O) groups excluding carboxylic acids is 1. The second-order valence-corrected chi connectivity index (χ2v) is 10.2. The van der Waals surface area contributed by atoms with Crippen molar-refractivity contribution in [3.63, 3.8) is 0 Å². The number of aromatic hydroxyl groups is 1. The van der Waals surface area contributed by atoms with Crippen LogP contribution in [0.2, 0.25) is 0 Å². The molecule has 0 unspecified atom stereocenters.